The van der Waals surface area contributed by atoms with E-state index in [2.05, 4.69) is 21.5 Å². The van der Waals surface area contributed by atoms with E-state index < -0.39 is 11.8 Å². The first-order valence-electron chi connectivity index (χ1n) is 8.42. The molecule has 0 atom stereocenters. The molecule has 0 saturated carbocycles. The van der Waals surface area contributed by atoms with Gasteiger partial charge in [-0.05, 0) is 56.3 Å². The number of hydrogen-bond acceptors (Lipinski definition) is 4. The smallest absolute Gasteiger partial charge is 0.319 e. The van der Waals surface area contributed by atoms with Gasteiger partial charge >= 0.3 is 6.03 Å². The normalized spacial score (nSPS) is 10.2. The van der Waals surface area contributed by atoms with Crippen LogP contribution in [-0.4, -0.2) is 31.0 Å². The van der Waals surface area contributed by atoms with Crippen LogP contribution in [0, 0.1) is 0 Å². The van der Waals surface area contributed by atoms with Crippen LogP contribution in [0.15, 0.2) is 42.5 Å². The fourth-order valence-electron chi connectivity index (χ4n) is 2.24. The lowest BCUT2D eigenvalue weighted by Crippen LogP contribution is -2.41. The number of ether oxygens (including phenoxy) is 1. The minimum atomic E-state index is -0.550. The number of urea groups is 1. The van der Waals surface area contributed by atoms with Crippen LogP contribution in [0.3, 0.4) is 0 Å². The van der Waals surface area contributed by atoms with E-state index in [9.17, 15) is 14.4 Å². The second-order valence-electron chi connectivity index (χ2n) is 6.08. The van der Waals surface area contributed by atoms with Crippen LogP contribution >= 0.6 is 11.6 Å². The van der Waals surface area contributed by atoms with Crippen molar-refractivity contribution in [1.82, 2.24) is 16.2 Å². The molecule has 0 unspecified atom stereocenters. The number of carbonyl (C=O) groups is 3. The Bertz CT molecular complexity index is 869. The monoisotopic (exact) mass is 404 g/mol. The maximum atomic E-state index is 12.2. The number of benzene rings is 2. The highest BCUT2D eigenvalue weighted by Crippen LogP contribution is 2.22. The third-order valence-corrected chi connectivity index (χ3v) is 3.76. The molecule has 0 aliphatic rings. The van der Waals surface area contributed by atoms with E-state index >= 15 is 0 Å². The minimum absolute atomic E-state index is 0.00734. The summed E-state index contributed by atoms with van der Waals surface area (Å²) in [7, 11) is 1.41. The van der Waals surface area contributed by atoms with Gasteiger partial charge in [0.2, 0.25) is 0 Å². The van der Waals surface area contributed by atoms with Crippen LogP contribution in [0.5, 0.6) is 5.75 Å². The van der Waals surface area contributed by atoms with Crippen molar-refractivity contribution >= 4 is 35.1 Å². The fraction of sp³-hybridized carbons (Fsp3) is 0.211. The molecule has 4 N–H and O–H groups in total. The maximum Gasteiger partial charge on any atom is 0.319 e. The van der Waals surface area contributed by atoms with Crippen LogP contribution < -0.4 is 26.2 Å². The molecule has 8 nitrogen and oxygen atoms in total. The Hall–Kier alpha value is -3.26. The predicted molar refractivity (Wildman–Crippen MR) is 107 cm³/mol. The number of hydrogen-bond donors (Lipinski definition) is 4. The Kier molecular flexibility index (Phi) is 7.22. The Labute approximate surface area is 167 Å². The molecule has 0 spiro atoms. The summed E-state index contributed by atoms with van der Waals surface area (Å²) in [6.45, 7) is 3.70. The fourth-order valence-corrected chi connectivity index (χ4v) is 2.40. The van der Waals surface area contributed by atoms with Crippen molar-refractivity contribution in [1.29, 1.82) is 0 Å². The molecular weight excluding hydrogens is 384 g/mol. The number of amides is 4. The zero-order chi connectivity index (χ0) is 20.7. The van der Waals surface area contributed by atoms with Gasteiger partial charge in [0.05, 0.1) is 12.7 Å². The average Bonchev–Trinajstić information content (AvgIpc) is 2.65. The quantitative estimate of drug-likeness (QED) is 0.574. The van der Waals surface area contributed by atoms with Crippen LogP contribution in [0.4, 0.5) is 10.5 Å². The molecule has 0 aliphatic heterocycles. The topological polar surface area (TPSA) is 109 Å². The average molecular weight is 405 g/mol. The van der Waals surface area contributed by atoms with Crippen LogP contribution in [0.1, 0.15) is 34.6 Å². The lowest BCUT2D eigenvalue weighted by atomic mass is 10.2. The molecule has 0 aliphatic carbocycles. The molecule has 0 saturated heterocycles. The summed E-state index contributed by atoms with van der Waals surface area (Å²) in [4.78, 5) is 36.1. The van der Waals surface area contributed by atoms with Crippen molar-refractivity contribution in [3.05, 3.63) is 58.6 Å². The molecule has 2 rings (SSSR count). The van der Waals surface area contributed by atoms with Gasteiger partial charge in [0.1, 0.15) is 5.75 Å². The Morgan fingerprint density at radius 3 is 2.21 bits per heavy atom. The van der Waals surface area contributed by atoms with E-state index in [4.69, 9.17) is 16.3 Å². The van der Waals surface area contributed by atoms with Gasteiger partial charge in [-0.2, -0.15) is 0 Å². The van der Waals surface area contributed by atoms with Gasteiger partial charge in [-0.25, -0.2) is 4.79 Å². The van der Waals surface area contributed by atoms with Crippen LogP contribution in [0.25, 0.3) is 0 Å². The third-order valence-electron chi connectivity index (χ3n) is 3.52. The first-order chi connectivity index (χ1) is 13.3. The highest BCUT2D eigenvalue weighted by atomic mass is 35.5. The predicted octanol–water partition coefficient (Wildman–Crippen LogP) is 2.95. The standard InChI is InChI=1S/C19H21ClN4O4/c1-11(2)21-19(27)22-14-7-4-12(5-8-14)17(25)23-24-18(26)15-9-6-13(20)10-16(15)28-3/h4-11H,1-3H3,(H,23,25)(H,24,26)(H2,21,22,27). The summed E-state index contributed by atoms with van der Waals surface area (Å²) < 4.78 is 5.11. The van der Waals surface area contributed by atoms with E-state index in [0.717, 1.165) is 0 Å². The van der Waals surface area contributed by atoms with E-state index in [0.29, 0.717) is 16.3 Å². The lowest BCUT2D eigenvalue weighted by molar-refractivity contribution is 0.0845. The van der Waals surface area contributed by atoms with Crippen molar-refractivity contribution < 1.29 is 19.1 Å². The second-order valence-corrected chi connectivity index (χ2v) is 6.52. The van der Waals surface area contributed by atoms with E-state index in [1.165, 1.54) is 31.4 Å². The van der Waals surface area contributed by atoms with Gasteiger partial charge in [0.25, 0.3) is 11.8 Å². The number of anilines is 1. The molecule has 148 valence electrons. The van der Waals surface area contributed by atoms with E-state index in [1.54, 1.807) is 18.2 Å². The zero-order valence-corrected chi connectivity index (χ0v) is 16.4. The van der Waals surface area contributed by atoms with Crippen LogP contribution in [-0.2, 0) is 0 Å². The number of nitrogens with one attached hydrogen (secondary N) is 4. The van der Waals surface area contributed by atoms with Crippen molar-refractivity contribution in [3.63, 3.8) is 0 Å². The molecule has 2 aromatic rings. The van der Waals surface area contributed by atoms with Gasteiger partial charge in [-0.1, -0.05) is 11.6 Å². The molecule has 0 heterocycles. The van der Waals surface area contributed by atoms with Crippen molar-refractivity contribution in [2.75, 3.05) is 12.4 Å². The van der Waals surface area contributed by atoms with Crippen molar-refractivity contribution in [2.24, 2.45) is 0 Å². The number of rotatable bonds is 5. The third kappa shape index (κ3) is 5.88. The first kappa shape index (κ1) is 21.0. The lowest BCUT2D eigenvalue weighted by Gasteiger charge is -2.12. The molecule has 0 aromatic heterocycles. The summed E-state index contributed by atoms with van der Waals surface area (Å²) in [5.74, 6) is -0.778. The number of methoxy groups -OCH3 is 1. The second kappa shape index (κ2) is 9.61. The molecule has 0 fully saturated rings. The highest BCUT2D eigenvalue weighted by Gasteiger charge is 2.14. The van der Waals surface area contributed by atoms with Crippen LogP contribution in [0.2, 0.25) is 5.02 Å². The summed E-state index contributed by atoms with van der Waals surface area (Å²) in [6.07, 6.45) is 0. The summed E-state index contributed by atoms with van der Waals surface area (Å²) >= 11 is 5.87. The number of halogens is 1. The molecule has 28 heavy (non-hydrogen) atoms. The molecule has 0 radical (unpaired) electrons. The van der Waals surface area contributed by atoms with Gasteiger partial charge in [0.15, 0.2) is 0 Å². The van der Waals surface area contributed by atoms with E-state index in [-0.39, 0.29) is 23.4 Å². The molecule has 2 aromatic carbocycles. The molecular formula is C19H21ClN4O4. The van der Waals surface area contributed by atoms with Crippen molar-refractivity contribution in [2.45, 2.75) is 19.9 Å². The number of hydrazine groups is 1. The van der Waals surface area contributed by atoms with Crippen molar-refractivity contribution in [3.8, 4) is 5.75 Å². The zero-order valence-electron chi connectivity index (χ0n) is 15.6. The Balaban J connectivity index is 1.94. The molecule has 0 bridgehead atoms. The SMILES string of the molecule is COc1cc(Cl)ccc1C(=O)NNC(=O)c1ccc(NC(=O)NC(C)C)cc1. The largest absolute Gasteiger partial charge is 0.496 e. The summed E-state index contributed by atoms with van der Waals surface area (Å²) in [5, 5.41) is 5.77. The Morgan fingerprint density at radius 1 is 0.964 bits per heavy atom. The summed E-state index contributed by atoms with van der Waals surface area (Å²) in [6, 6.07) is 10.4. The van der Waals surface area contributed by atoms with Gasteiger partial charge < -0.3 is 15.4 Å². The molecule has 9 heteroatoms. The van der Waals surface area contributed by atoms with Gasteiger partial charge in [-0.15, -0.1) is 0 Å². The number of carbonyl (C=O) groups excluding carboxylic acids is 3. The van der Waals surface area contributed by atoms with Gasteiger partial charge in [0, 0.05) is 22.3 Å². The van der Waals surface area contributed by atoms with E-state index in [1.807, 2.05) is 13.8 Å². The summed E-state index contributed by atoms with van der Waals surface area (Å²) in [5.41, 5.74) is 5.70. The Morgan fingerprint density at radius 2 is 1.61 bits per heavy atom. The minimum Gasteiger partial charge on any atom is -0.496 e. The van der Waals surface area contributed by atoms with Gasteiger partial charge in [-0.3, -0.25) is 20.4 Å². The highest BCUT2D eigenvalue weighted by molar-refractivity contribution is 6.30. The first-order valence-corrected chi connectivity index (χ1v) is 8.79. The maximum absolute atomic E-state index is 12.2. The molecule has 4 amide bonds.